The molecule has 1 fully saturated rings. The van der Waals surface area contributed by atoms with Crippen LogP contribution in [0.1, 0.15) is 16.2 Å². The highest BCUT2D eigenvalue weighted by Gasteiger charge is 2.26. The standard InChI is InChI=1S/C22H20ClFN4O/c1-15-25-19(16-6-3-2-4-7-16)14-20(26-15)27-10-12-28(13-11-27)22(29)21-17(23)8-5-9-18(21)24/h2-9,14H,10-13H2,1H3. The van der Waals surface area contributed by atoms with Crippen LogP contribution in [0.3, 0.4) is 0 Å². The monoisotopic (exact) mass is 410 g/mol. The van der Waals surface area contributed by atoms with Gasteiger partial charge in [-0.1, -0.05) is 48.0 Å². The lowest BCUT2D eigenvalue weighted by molar-refractivity contribution is 0.0742. The van der Waals surface area contributed by atoms with E-state index in [0.29, 0.717) is 32.0 Å². The van der Waals surface area contributed by atoms with Gasteiger partial charge in [-0.25, -0.2) is 14.4 Å². The Balaban J connectivity index is 1.50. The van der Waals surface area contributed by atoms with Crippen LogP contribution < -0.4 is 4.90 Å². The molecule has 0 aliphatic carbocycles. The fraction of sp³-hybridized carbons (Fsp3) is 0.227. The molecule has 1 aliphatic heterocycles. The molecule has 1 amide bonds. The van der Waals surface area contributed by atoms with Gasteiger partial charge in [0.15, 0.2) is 0 Å². The Labute approximate surface area is 173 Å². The van der Waals surface area contributed by atoms with Crippen LogP contribution >= 0.6 is 11.6 Å². The predicted octanol–water partition coefficient (Wildman–Crippen LogP) is 4.21. The fourth-order valence-corrected chi connectivity index (χ4v) is 3.71. The zero-order chi connectivity index (χ0) is 20.4. The maximum Gasteiger partial charge on any atom is 0.258 e. The van der Waals surface area contributed by atoms with Gasteiger partial charge in [0, 0.05) is 37.8 Å². The molecule has 148 valence electrons. The first-order chi connectivity index (χ1) is 14.0. The molecular weight excluding hydrogens is 391 g/mol. The van der Waals surface area contributed by atoms with Crippen molar-refractivity contribution >= 4 is 23.3 Å². The van der Waals surface area contributed by atoms with Crippen molar-refractivity contribution in [2.24, 2.45) is 0 Å². The third-order valence-electron chi connectivity index (χ3n) is 4.96. The SMILES string of the molecule is Cc1nc(-c2ccccc2)cc(N2CCN(C(=O)c3c(F)cccc3Cl)CC2)n1. The molecule has 2 heterocycles. The second-order valence-corrected chi connectivity index (χ2v) is 7.31. The highest BCUT2D eigenvalue weighted by molar-refractivity contribution is 6.33. The first-order valence-electron chi connectivity index (χ1n) is 9.42. The van der Waals surface area contributed by atoms with Gasteiger partial charge in [0.05, 0.1) is 16.3 Å². The van der Waals surface area contributed by atoms with Crippen LogP contribution in [0.25, 0.3) is 11.3 Å². The summed E-state index contributed by atoms with van der Waals surface area (Å²) in [6, 6.07) is 16.2. The van der Waals surface area contributed by atoms with Crippen LogP contribution in [-0.4, -0.2) is 47.0 Å². The average molecular weight is 411 g/mol. The van der Waals surface area contributed by atoms with Crippen LogP contribution in [0, 0.1) is 12.7 Å². The number of benzene rings is 2. The Morgan fingerprint density at radius 3 is 2.41 bits per heavy atom. The van der Waals surface area contributed by atoms with Crippen LogP contribution in [0.2, 0.25) is 5.02 Å². The Morgan fingerprint density at radius 1 is 1.00 bits per heavy atom. The van der Waals surface area contributed by atoms with Crippen molar-refractivity contribution in [3.05, 3.63) is 76.8 Å². The van der Waals surface area contributed by atoms with Crippen molar-refractivity contribution in [2.45, 2.75) is 6.92 Å². The van der Waals surface area contributed by atoms with E-state index in [1.165, 1.54) is 18.2 Å². The molecule has 0 saturated carbocycles. The Hall–Kier alpha value is -2.99. The second kappa shape index (κ2) is 8.17. The Bertz CT molecular complexity index is 1020. The molecule has 3 aromatic rings. The molecular formula is C22H20ClFN4O. The number of carbonyl (C=O) groups is 1. The summed E-state index contributed by atoms with van der Waals surface area (Å²) in [4.78, 5) is 25.6. The molecule has 0 spiro atoms. The van der Waals surface area contributed by atoms with Crippen molar-refractivity contribution in [1.29, 1.82) is 0 Å². The summed E-state index contributed by atoms with van der Waals surface area (Å²) in [7, 11) is 0. The summed E-state index contributed by atoms with van der Waals surface area (Å²) in [5.41, 5.74) is 1.83. The van der Waals surface area contributed by atoms with Crippen molar-refractivity contribution in [2.75, 3.05) is 31.1 Å². The summed E-state index contributed by atoms with van der Waals surface area (Å²) < 4.78 is 14.1. The number of halogens is 2. The number of aromatic nitrogens is 2. The number of carbonyl (C=O) groups excluding carboxylic acids is 1. The van der Waals surface area contributed by atoms with Gasteiger partial charge in [0.1, 0.15) is 17.5 Å². The van der Waals surface area contributed by atoms with E-state index in [9.17, 15) is 9.18 Å². The molecule has 0 atom stereocenters. The lowest BCUT2D eigenvalue weighted by Gasteiger charge is -2.35. The number of rotatable bonds is 3. The van der Waals surface area contributed by atoms with Gasteiger partial charge in [-0.05, 0) is 19.1 Å². The van der Waals surface area contributed by atoms with E-state index < -0.39 is 5.82 Å². The van der Waals surface area contributed by atoms with Crippen molar-refractivity contribution in [3.63, 3.8) is 0 Å². The minimum Gasteiger partial charge on any atom is -0.353 e. The van der Waals surface area contributed by atoms with E-state index in [1.54, 1.807) is 4.90 Å². The van der Waals surface area contributed by atoms with E-state index >= 15 is 0 Å². The summed E-state index contributed by atoms with van der Waals surface area (Å²) in [6.45, 7) is 4.00. The summed E-state index contributed by atoms with van der Waals surface area (Å²) in [6.07, 6.45) is 0. The highest BCUT2D eigenvalue weighted by atomic mass is 35.5. The highest BCUT2D eigenvalue weighted by Crippen LogP contribution is 2.24. The molecule has 29 heavy (non-hydrogen) atoms. The summed E-state index contributed by atoms with van der Waals surface area (Å²) >= 11 is 6.05. The average Bonchev–Trinajstić information content (AvgIpc) is 2.74. The molecule has 1 saturated heterocycles. The first kappa shape index (κ1) is 19.3. The lowest BCUT2D eigenvalue weighted by atomic mass is 10.1. The van der Waals surface area contributed by atoms with Crippen LogP contribution in [0.4, 0.5) is 10.2 Å². The molecule has 0 N–H and O–H groups in total. The number of piperazine rings is 1. The summed E-state index contributed by atoms with van der Waals surface area (Å²) in [5, 5.41) is 0.136. The van der Waals surface area contributed by atoms with E-state index in [1.807, 2.05) is 43.3 Å². The van der Waals surface area contributed by atoms with Gasteiger partial charge < -0.3 is 9.80 Å². The minimum atomic E-state index is -0.594. The number of hydrogen-bond donors (Lipinski definition) is 0. The van der Waals surface area contributed by atoms with Gasteiger partial charge in [-0.3, -0.25) is 4.79 Å². The molecule has 0 radical (unpaired) electrons. The van der Waals surface area contributed by atoms with Crippen LogP contribution in [0.15, 0.2) is 54.6 Å². The lowest BCUT2D eigenvalue weighted by Crippen LogP contribution is -2.49. The van der Waals surface area contributed by atoms with Crippen LogP contribution in [0.5, 0.6) is 0 Å². The van der Waals surface area contributed by atoms with E-state index in [0.717, 1.165) is 17.1 Å². The molecule has 5 nitrogen and oxygen atoms in total. The minimum absolute atomic E-state index is 0.0631. The zero-order valence-electron chi connectivity index (χ0n) is 16.0. The Kier molecular flexibility index (Phi) is 5.45. The molecule has 0 unspecified atom stereocenters. The van der Waals surface area contributed by atoms with E-state index in [2.05, 4.69) is 14.9 Å². The van der Waals surface area contributed by atoms with Gasteiger partial charge >= 0.3 is 0 Å². The quantitative estimate of drug-likeness (QED) is 0.649. The van der Waals surface area contributed by atoms with Crippen molar-refractivity contribution in [1.82, 2.24) is 14.9 Å². The number of nitrogens with zero attached hydrogens (tertiary/aromatic N) is 4. The number of anilines is 1. The van der Waals surface area contributed by atoms with Gasteiger partial charge in [0.25, 0.3) is 5.91 Å². The first-order valence-corrected chi connectivity index (χ1v) is 9.80. The third-order valence-corrected chi connectivity index (χ3v) is 5.28. The van der Waals surface area contributed by atoms with Gasteiger partial charge in [0.2, 0.25) is 0 Å². The molecule has 7 heteroatoms. The van der Waals surface area contributed by atoms with Crippen LogP contribution in [-0.2, 0) is 0 Å². The Morgan fingerprint density at radius 2 is 1.72 bits per heavy atom. The van der Waals surface area contributed by atoms with Crippen molar-refractivity contribution in [3.8, 4) is 11.3 Å². The van der Waals surface area contributed by atoms with E-state index in [-0.39, 0.29) is 16.5 Å². The molecule has 2 aromatic carbocycles. The van der Waals surface area contributed by atoms with E-state index in [4.69, 9.17) is 11.6 Å². The molecule has 0 bridgehead atoms. The molecule has 4 rings (SSSR count). The zero-order valence-corrected chi connectivity index (χ0v) is 16.7. The third kappa shape index (κ3) is 4.07. The topological polar surface area (TPSA) is 49.3 Å². The van der Waals surface area contributed by atoms with Gasteiger partial charge in [-0.15, -0.1) is 0 Å². The summed E-state index contributed by atoms with van der Waals surface area (Å²) in [5.74, 6) is 0.547. The van der Waals surface area contributed by atoms with Gasteiger partial charge in [-0.2, -0.15) is 0 Å². The maximum absolute atomic E-state index is 14.1. The maximum atomic E-state index is 14.1. The van der Waals surface area contributed by atoms with Crippen molar-refractivity contribution < 1.29 is 9.18 Å². The molecule has 1 aromatic heterocycles. The normalized spacial score (nSPS) is 14.2. The predicted molar refractivity (Wildman–Crippen MR) is 112 cm³/mol. The largest absolute Gasteiger partial charge is 0.353 e. The smallest absolute Gasteiger partial charge is 0.258 e. The number of hydrogen-bond acceptors (Lipinski definition) is 4. The second-order valence-electron chi connectivity index (χ2n) is 6.90. The fourth-order valence-electron chi connectivity index (χ4n) is 3.47. The number of amides is 1. The number of aryl methyl sites for hydroxylation is 1. The molecule has 1 aliphatic rings.